The molecule has 0 aliphatic heterocycles. The lowest BCUT2D eigenvalue weighted by Crippen LogP contribution is -2.05. The molecule has 0 fully saturated rings. The standard InChI is InChI=1S/C18H16N2O4/c1-12-6-7-14(10-19-12)18(21)23-11-16-9-17(20-24-16)13-4-3-5-15(8-13)22-2/h3-10H,11H2,1-2H3. The maximum absolute atomic E-state index is 11.9. The molecule has 3 rings (SSSR count). The number of esters is 1. The zero-order chi connectivity index (χ0) is 16.9. The fraction of sp³-hybridized carbons (Fsp3) is 0.167. The monoisotopic (exact) mass is 324 g/mol. The SMILES string of the molecule is COc1cccc(-c2cc(COC(=O)c3ccc(C)nc3)on2)c1. The Bertz CT molecular complexity index is 840. The van der Waals surface area contributed by atoms with E-state index in [9.17, 15) is 4.79 Å². The highest BCUT2D eigenvalue weighted by atomic mass is 16.5. The zero-order valence-corrected chi connectivity index (χ0v) is 13.4. The topological polar surface area (TPSA) is 74.5 Å². The third-order valence-corrected chi connectivity index (χ3v) is 3.42. The molecular formula is C18H16N2O4. The third-order valence-electron chi connectivity index (χ3n) is 3.42. The van der Waals surface area contributed by atoms with E-state index in [4.69, 9.17) is 14.0 Å². The Balaban J connectivity index is 1.65. The number of carbonyl (C=O) groups is 1. The quantitative estimate of drug-likeness (QED) is 0.670. The van der Waals surface area contributed by atoms with E-state index in [1.54, 1.807) is 25.3 Å². The number of hydrogen-bond acceptors (Lipinski definition) is 6. The van der Waals surface area contributed by atoms with Gasteiger partial charge >= 0.3 is 5.97 Å². The molecule has 0 amide bonds. The molecule has 122 valence electrons. The molecule has 6 nitrogen and oxygen atoms in total. The van der Waals surface area contributed by atoms with Crippen molar-refractivity contribution < 1.29 is 18.8 Å². The third kappa shape index (κ3) is 3.60. The van der Waals surface area contributed by atoms with Gasteiger partial charge in [0, 0.05) is 23.5 Å². The van der Waals surface area contributed by atoms with Crippen LogP contribution in [0.5, 0.6) is 5.75 Å². The Morgan fingerprint density at radius 3 is 2.83 bits per heavy atom. The van der Waals surface area contributed by atoms with Crippen molar-refractivity contribution in [2.45, 2.75) is 13.5 Å². The average Bonchev–Trinajstić information content (AvgIpc) is 3.09. The van der Waals surface area contributed by atoms with Crippen molar-refractivity contribution in [3.63, 3.8) is 0 Å². The fourth-order valence-electron chi connectivity index (χ4n) is 2.11. The molecule has 0 bridgehead atoms. The fourth-order valence-corrected chi connectivity index (χ4v) is 2.11. The van der Waals surface area contributed by atoms with Gasteiger partial charge in [0.2, 0.25) is 0 Å². The molecule has 0 unspecified atom stereocenters. The molecule has 0 atom stereocenters. The number of aryl methyl sites for hydroxylation is 1. The molecule has 0 aliphatic rings. The molecule has 0 saturated heterocycles. The van der Waals surface area contributed by atoms with E-state index in [0.29, 0.717) is 17.0 Å². The Morgan fingerprint density at radius 2 is 2.08 bits per heavy atom. The molecule has 0 saturated carbocycles. The number of benzene rings is 1. The largest absolute Gasteiger partial charge is 0.497 e. The second-order valence-electron chi connectivity index (χ2n) is 5.17. The van der Waals surface area contributed by atoms with Gasteiger partial charge in [-0.2, -0.15) is 0 Å². The number of carbonyl (C=O) groups excluding carboxylic acids is 1. The predicted molar refractivity (Wildman–Crippen MR) is 86.6 cm³/mol. The van der Waals surface area contributed by atoms with Crippen LogP contribution in [0.3, 0.4) is 0 Å². The molecule has 6 heteroatoms. The van der Waals surface area contributed by atoms with E-state index >= 15 is 0 Å². The summed E-state index contributed by atoms with van der Waals surface area (Å²) >= 11 is 0. The van der Waals surface area contributed by atoms with Crippen molar-refractivity contribution in [3.05, 3.63) is 65.7 Å². The van der Waals surface area contributed by atoms with Gasteiger partial charge in [-0.3, -0.25) is 4.98 Å². The van der Waals surface area contributed by atoms with Gasteiger partial charge in [0.05, 0.1) is 12.7 Å². The molecule has 0 N–H and O–H groups in total. The van der Waals surface area contributed by atoms with Gasteiger partial charge in [-0.05, 0) is 31.2 Å². The van der Waals surface area contributed by atoms with Gasteiger partial charge in [-0.25, -0.2) is 4.79 Å². The average molecular weight is 324 g/mol. The van der Waals surface area contributed by atoms with Crippen LogP contribution in [0.1, 0.15) is 21.8 Å². The predicted octanol–water partition coefficient (Wildman–Crippen LogP) is 3.41. The number of rotatable bonds is 5. The Kier molecular flexibility index (Phi) is 4.56. The molecule has 2 heterocycles. The van der Waals surface area contributed by atoms with Crippen LogP contribution in [0.2, 0.25) is 0 Å². The Hall–Kier alpha value is -3.15. The summed E-state index contributed by atoms with van der Waals surface area (Å²) in [7, 11) is 1.60. The molecule has 0 spiro atoms. The first-order valence-electron chi connectivity index (χ1n) is 7.35. The summed E-state index contributed by atoms with van der Waals surface area (Å²) < 4.78 is 15.6. The molecule has 2 aromatic heterocycles. The number of methoxy groups -OCH3 is 1. The molecule has 0 aliphatic carbocycles. The summed E-state index contributed by atoms with van der Waals surface area (Å²) in [5, 5.41) is 3.99. The van der Waals surface area contributed by atoms with Gasteiger partial charge < -0.3 is 14.0 Å². The van der Waals surface area contributed by atoms with Crippen LogP contribution < -0.4 is 4.74 Å². The van der Waals surface area contributed by atoms with E-state index in [2.05, 4.69) is 10.1 Å². The number of hydrogen-bond donors (Lipinski definition) is 0. The summed E-state index contributed by atoms with van der Waals surface area (Å²) in [5.41, 5.74) is 2.74. The Morgan fingerprint density at radius 1 is 1.21 bits per heavy atom. The van der Waals surface area contributed by atoms with Gasteiger partial charge in [0.1, 0.15) is 11.4 Å². The van der Waals surface area contributed by atoms with Crippen molar-refractivity contribution >= 4 is 5.97 Å². The molecule has 0 radical (unpaired) electrons. The van der Waals surface area contributed by atoms with E-state index in [-0.39, 0.29) is 6.61 Å². The molecule has 24 heavy (non-hydrogen) atoms. The molecule has 1 aromatic carbocycles. The number of pyridine rings is 1. The summed E-state index contributed by atoms with van der Waals surface area (Å²) in [6.45, 7) is 1.85. The van der Waals surface area contributed by atoms with E-state index < -0.39 is 5.97 Å². The van der Waals surface area contributed by atoms with Crippen LogP contribution in [-0.2, 0) is 11.3 Å². The summed E-state index contributed by atoms with van der Waals surface area (Å²) in [6.07, 6.45) is 1.49. The summed E-state index contributed by atoms with van der Waals surface area (Å²) in [6, 6.07) is 12.6. The normalized spacial score (nSPS) is 10.4. The summed E-state index contributed by atoms with van der Waals surface area (Å²) in [4.78, 5) is 16.0. The first-order chi connectivity index (χ1) is 11.7. The van der Waals surface area contributed by atoms with Gasteiger partial charge in [-0.1, -0.05) is 17.3 Å². The van der Waals surface area contributed by atoms with Gasteiger partial charge in [-0.15, -0.1) is 0 Å². The van der Waals surface area contributed by atoms with E-state index in [1.807, 2.05) is 31.2 Å². The van der Waals surface area contributed by atoms with Crippen LogP contribution in [0.25, 0.3) is 11.3 Å². The highest BCUT2D eigenvalue weighted by molar-refractivity contribution is 5.88. The van der Waals surface area contributed by atoms with Gasteiger partial charge in [0.15, 0.2) is 12.4 Å². The van der Waals surface area contributed by atoms with Gasteiger partial charge in [0.25, 0.3) is 0 Å². The highest BCUT2D eigenvalue weighted by Crippen LogP contribution is 2.23. The van der Waals surface area contributed by atoms with Crippen molar-refractivity contribution in [2.75, 3.05) is 7.11 Å². The van der Waals surface area contributed by atoms with Crippen molar-refractivity contribution in [1.82, 2.24) is 10.1 Å². The zero-order valence-electron chi connectivity index (χ0n) is 13.4. The molecular weight excluding hydrogens is 308 g/mol. The van der Waals surface area contributed by atoms with Crippen molar-refractivity contribution in [3.8, 4) is 17.0 Å². The highest BCUT2D eigenvalue weighted by Gasteiger charge is 2.12. The smallest absolute Gasteiger partial charge is 0.340 e. The van der Waals surface area contributed by atoms with Crippen LogP contribution in [0, 0.1) is 6.92 Å². The first-order valence-corrected chi connectivity index (χ1v) is 7.35. The van der Waals surface area contributed by atoms with Crippen LogP contribution in [0.15, 0.2) is 53.2 Å². The number of ether oxygens (including phenoxy) is 2. The minimum Gasteiger partial charge on any atom is -0.497 e. The maximum atomic E-state index is 11.9. The maximum Gasteiger partial charge on any atom is 0.340 e. The lowest BCUT2D eigenvalue weighted by molar-refractivity contribution is 0.0437. The number of nitrogens with zero attached hydrogens (tertiary/aromatic N) is 2. The lowest BCUT2D eigenvalue weighted by atomic mass is 10.1. The number of aromatic nitrogens is 2. The van der Waals surface area contributed by atoms with Crippen molar-refractivity contribution in [2.24, 2.45) is 0 Å². The Labute approximate surface area is 139 Å². The lowest BCUT2D eigenvalue weighted by Gasteiger charge is -2.02. The van der Waals surface area contributed by atoms with Crippen LogP contribution >= 0.6 is 0 Å². The van der Waals surface area contributed by atoms with Crippen LogP contribution in [-0.4, -0.2) is 23.2 Å². The minimum absolute atomic E-state index is 0.00365. The van der Waals surface area contributed by atoms with E-state index in [0.717, 1.165) is 17.0 Å². The molecule has 3 aromatic rings. The minimum atomic E-state index is -0.457. The second kappa shape index (κ2) is 6.95. The van der Waals surface area contributed by atoms with E-state index in [1.165, 1.54) is 6.20 Å². The van der Waals surface area contributed by atoms with Crippen molar-refractivity contribution in [1.29, 1.82) is 0 Å². The summed E-state index contributed by atoms with van der Waals surface area (Å²) in [5.74, 6) is 0.735. The first kappa shape index (κ1) is 15.7. The van der Waals surface area contributed by atoms with Crippen LogP contribution in [0.4, 0.5) is 0 Å². The second-order valence-corrected chi connectivity index (χ2v) is 5.17.